The molecule has 2 heterocycles. The van der Waals surface area contributed by atoms with Crippen LogP contribution in [0.1, 0.15) is 5.56 Å². The van der Waals surface area contributed by atoms with E-state index in [4.69, 9.17) is 4.74 Å². The maximum absolute atomic E-state index is 5.43. The van der Waals surface area contributed by atoms with Gasteiger partial charge in [-0.1, -0.05) is 54.6 Å². The molecule has 0 unspecified atom stereocenters. The van der Waals surface area contributed by atoms with Crippen LogP contribution in [0.3, 0.4) is 0 Å². The average molecular weight is 401 g/mol. The fraction of sp³-hybridized carbons (Fsp3) is 0.182. The van der Waals surface area contributed by atoms with Gasteiger partial charge in [0, 0.05) is 25.0 Å². The summed E-state index contributed by atoms with van der Waals surface area (Å²) in [5.41, 5.74) is 4.90. The van der Waals surface area contributed by atoms with Crippen molar-refractivity contribution >= 4 is 35.8 Å². The van der Waals surface area contributed by atoms with Crippen molar-refractivity contribution in [2.75, 3.05) is 41.9 Å². The van der Waals surface area contributed by atoms with Gasteiger partial charge in [0.1, 0.15) is 0 Å². The highest BCUT2D eigenvalue weighted by Crippen LogP contribution is 2.18. The summed E-state index contributed by atoms with van der Waals surface area (Å²) in [6.07, 6.45) is 5.49. The van der Waals surface area contributed by atoms with E-state index in [1.807, 2.05) is 72.8 Å². The normalized spacial score (nSPS) is 14.3. The van der Waals surface area contributed by atoms with E-state index in [9.17, 15) is 0 Å². The number of hydrogen-bond acceptors (Lipinski definition) is 8. The highest BCUT2D eigenvalue weighted by atomic mass is 16.5. The van der Waals surface area contributed by atoms with Gasteiger partial charge < -0.3 is 15.0 Å². The maximum Gasteiger partial charge on any atom is 0.250 e. The van der Waals surface area contributed by atoms with Crippen LogP contribution >= 0.6 is 0 Å². The third-order valence-corrected chi connectivity index (χ3v) is 4.36. The summed E-state index contributed by atoms with van der Waals surface area (Å²) in [4.78, 5) is 15.6. The molecule has 1 aromatic heterocycles. The first-order chi connectivity index (χ1) is 14.9. The van der Waals surface area contributed by atoms with E-state index in [0.29, 0.717) is 31.1 Å². The standard InChI is InChI=1S/C22H23N7O/c1-3-8-18(9-4-1)10-7-13-23-28-21-25-20(24-19-11-5-2-6-12-19)26-22(27-21)29-14-16-30-17-15-29/h1-13H,14-17H2,(H2,24,25,26,27,28). The zero-order valence-electron chi connectivity index (χ0n) is 16.5. The predicted molar refractivity (Wildman–Crippen MR) is 120 cm³/mol. The van der Waals surface area contributed by atoms with E-state index in [1.54, 1.807) is 6.21 Å². The molecule has 0 atom stereocenters. The summed E-state index contributed by atoms with van der Waals surface area (Å²) in [6, 6.07) is 19.8. The Morgan fingerprint density at radius 2 is 1.57 bits per heavy atom. The quantitative estimate of drug-likeness (QED) is 0.462. The SMILES string of the molecule is C(=Cc1ccccc1)C=NNc1nc(Nc2ccccc2)nc(N2CCOCC2)n1. The van der Waals surface area contributed by atoms with Crippen molar-refractivity contribution in [2.45, 2.75) is 0 Å². The molecule has 8 heteroatoms. The number of hydrazone groups is 1. The molecule has 1 aliphatic rings. The lowest BCUT2D eigenvalue weighted by Gasteiger charge is -2.27. The number of morpholine rings is 1. The Labute approximate surface area is 175 Å². The Morgan fingerprint density at radius 3 is 2.33 bits per heavy atom. The highest BCUT2D eigenvalue weighted by Gasteiger charge is 2.16. The van der Waals surface area contributed by atoms with Gasteiger partial charge in [0.15, 0.2) is 0 Å². The molecule has 3 aromatic rings. The first kappa shape index (κ1) is 19.5. The molecule has 1 saturated heterocycles. The monoisotopic (exact) mass is 401 g/mol. The summed E-state index contributed by atoms with van der Waals surface area (Å²) < 4.78 is 5.43. The molecule has 0 bridgehead atoms. The molecule has 0 spiro atoms. The molecule has 8 nitrogen and oxygen atoms in total. The molecule has 1 aliphatic heterocycles. The average Bonchev–Trinajstić information content (AvgIpc) is 2.81. The number of hydrogen-bond donors (Lipinski definition) is 2. The smallest absolute Gasteiger partial charge is 0.250 e. The molecule has 2 aromatic carbocycles. The Hall–Kier alpha value is -3.78. The lowest BCUT2D eigenvalue weighted by atomic mass is 10.2. The third-order valence-electron chi connectivity index (χ3n) is 4.36. The van der Waals surface area contributed by atoms with Crippen molar-refractivity contribution in [3.05, 3.63) is 72.3 Å². The molecular weight excluding hydrogens is 378 g/mol. The van der Waals surface area contributed by atoms with Crippen molar-refractivity contribution < 1.29 is 4.74 Å². The molecule has 1 fully saturated rings. The second-order valence-electron chi connectivity index (χ2n) is 6.53. The van der Waals surface area contributed by atoms with Crippen LogP contribution in [0.2, 0.25) is 0 Å². The minimum Gasteiger partial charge on any atom is -0.378 e. The first-order valence-electron chi connectivity index (χ1n) is 9.78. The van der Waals surface area contributed by atoms with Crippen molar-refractivity contribution in [3.8, 4) is 0 Å². The lowest BCUT2D eigenvalue weighted by molar-refractivity contribution is 0.122. The van der Waals surface area contributed by atoms with Crippen LogP contribution in [0.15, 0.2) is 71.8 Å². The number of aromatic nitrogens is 3. The molecule has 4 rings (SSSR count). The van der Waals surface area contributed by atoms with Gasteiger partial charge in [-0.05, 0) is 23.8 Å². The van der Waals surface area contributed by atoms with E-state index in [2.05, 4.69) is 35.7 Å². The minimum absolute atomic E-state index is 0.370. The van der Waals surface area contributed by atoms with Gasteiger partial charge in [0.25, 0.3) is 0 Å². The highest BCUT2D eigenvalue weighted by molar-refractivity contribution is 5.78. The topological polar surface area (TPSA) is 87.6 Å². The van der Waals surface area contributed by atoms with Crippen LogP contribution in [-0.4, -0.2) is 47.5 Å². The second kappa shape index (κ2) is 10.1. The van der Waals surface area contributed by atoms with E-state index < -0.39 is 0 Å². The Bertz CT molecular complexity index is 987. The number of para-hydroxylation sites is 1. The summed E-state index contributed by atoms with van der Waals surface area (Å²) in [7, 11) is 0. The van der Waals surface area contributed by atoms with Gasteiger partial charge in [-0.2, -0.15) is 20.1 Å². The minimum atomic E-state index is 0.370. The molecule has 0 amide bonds. The van der Waals surface area contributed by atoms with Gasteiger partial charge >= 0.3 is 0 Å². The Balaban J connectivity index is 1.49. The zero-order chi connectivity index (χ0) is 20.4. The summed E-state index contributed by atoms with van der Waals surface area (Å²) in [5.74, 6) is 1.41. The van der Waals surface area contributed by atoms with E-state index in [0.717, 1.165) is 24.3 Å². The van der Waals surface area contributed by atoms with Gasteiger partial charge in [-0.25, -0.2) is 5.43 Å². The van der Waals surface area contributed by atoms with E-state index >= 15 is 0 Å². The number of ether oxygens (including phenoxy) is 1. The van der Waals surface area contributed by atoms with Crippen molar-refractivity contribution in [3.63, 3.8) is 0 Å². The fourth-order valence-corrected chi connectivity index (χ4v) is 2.88. The fourth-order valence-electron chi connectivity index (χ4n) is 2.88. The number of allylic oxidation sites excluding steroid dienone is 1. The van der Waals surface area contributed by atoms with Crippen LogP contribution in [0, 0.1) is 0 Å². The largest absolute Gasteiger partial charge is 0.378 e. The molecular formula is C22H23N7O. The second-order valence-corrected chi connectivity index (χ2v) is 6.53. The van der Waals surface area contributed by atoms with Crippen LogP contribution in [0.5, 0.6) is 0 Å². The third kappa shape index (κ3) is 5.62. The van der Waals surface area contributed by atoms with Crippen molar-refractivity contribution in [2.24, 2.45) is 5.10 Å². The van der Waals surface area contributed by atoms with E-state index in [1.165, 1.54) is 0 Å². The van der Waals surface area contributed by atoms with Crippen LogP contribution < -0.4 is 15.6 Å². The lowest BCUT2D eigenvalue weighted by Crippen LogP contribution is -2.37. The Morgan fingerprint density at radius 1 is 0.867 bits per heavy atom. The molecule has 0 aliphatic carbocycles. The van der Waals surface area contributed by atoms with Crippen LogP contribution in [-0.2, 0) is 4.74 Å². The number of nitrogens with one attached hydrogen (secondary N) is 2. The zero-order valence-corrected chi connectivity index (χ0v) is 16.5. The predicted octanol–water partition coefficient (Wildman–Crippen LogP) is 3.56. The molecule has 0 radical (unpaired) electrons. The maximum atomic E-state index is 5.43. The van der Waals surface area contributed by atoms with Crippen molar-refractivity contribution in [1.29, 1.82) is 0 Å². The Kier molecular flexibility index (Phi) is 6.59. The number of rotatable bonds is 7. The summed E-state index contributed by atoms with van der Waals surface area (Å²) in [6.45, 7) is 2.77. The van der Waals surface area contributed by atoms with Gasteiger partial charge in [0.2, 0.25) is 17.8 Å². The molecule has 0 saturated carbocycles. The van der Waals surface area contributed by atoms with Gasteiger partial charge in [0.05, 0.1) is 13.2 Å². The number of nitrogens with zero attached hydrogens (tertiary/aromatic N) is 5. The summed E-state index contributed by atoms with van der Waals surface area (Å²) in [5, 5.41) is 7.43. The van der Waals surface area contributed by atoms with Crippen LogP contribution in [0.4, 0.5) is 23.5 Å². The van der Waals surface area contributed by atoms with Gasteiger partial charge in [-0.15, -0.1) is 0 Å². The van der Waals surface area contributed by atoms with Crippen molar-refractivity contribution in [1.82, 2.24) is 15.0 Å². The number of anilines is 4. The molecule has 152 valence electrons. The number of benzene rings is 2. The van der Waals surface area contributed by atoms with Crippen LogP contribution in [0.25, 0.3) is 6.08 Å². The first-order valence-corrected chi connectivity index (χ1v) is 9.78. The van der Waals surface area contributed by atoms with Gasteiger partial charge in [-0.3, -0.25) is 0 Å². The molecule has 2 N–H and O–H groups in total. The van der Waals surface area contributed by atoms with E-state index in [-0.39, 0.29) is 0 Å². The summed E-state index contributed by atoms with van der Waals surface area (Å²) >= 11 is 0. The molecule has 30 heavy (non-hydrogen) atoms.